The minimum absolute atomic E-state index is 0.0500. The molecular formula is C29H40N2O5. The summed E-state index contributed by atoms with van der Waals surface area (Å²) in [5.74, 6) is -0.948. The molecule has 0 aliphatic carbocycles. The van der Waals surface area contributed by atoms with Gasteiger partial charge in [0.2, 0.25) is 5.91 Å². The molecule has 0 aliphatic rings. The third-order valence-electron chi connectivity index (χ3n) is 5.56. The number of aliphatic hydroxyl groups is 1. The Morgan fingerprint density at radius 1 is 0.944 bits per heavy atom. The zero-order chi connectivity index (χ0) is 26.3. The van der Waals surface area contributed by atoms with Gasteiger partial charge in [0.1, 0.15) is 12.7 Å². The van der Waals surface area contributed by atoms with Gasteiger partial charge in [0.25, 0.3) is 0 Å². The van der Waals surface area contributed by atoms with Crippen molar-refractivity contribution < 1.29 is 24.2 Å². The molecule has 0 fully saturated rings. The van der Waals surface area contributed by atoms with E-state index in [1.165, 1.54) is 16.7 Å². The molecule has 7 heteroatoms. The fourth-order valence-electron chi connectivity index (χ4n) is 3.56. The van der Waals surface area contributed by atoms with E-state index in [0.29, 0.717) is 25.2 Å². The first-order valence-corrected chi connectivity index (χ1v) is 12.5. The zero-order valence-corrected chi connectivity index (χ0v) is 21.8. The number of hydrogen-bond donors (Lipinski definition) is 2. The van der Waals surface area contributed by atoms with E-state index in [9.17, 15) is 14.7 Å². The molecule has 0 saturated heterocycles. The van der Waals surface area contributed by atoms with E-state index in [4.69, 9.17) is 9.47 Å². The Morgan fingerprint density at radius 2 is 1.56 bits per heavy atom. The number of benzene rings is 2. The molecule has 0 saturated carbocycles. The van der Waals surface area contributed by atoms with Crippen LogP contribution in [-0.4, -0.2) is 61.8 Å². The van der Waals surface area contributed by atoms with Crippen LogP contribution in [-0.2, 0) is 32.2 Å². The third kappa shape index (κ3) is 11.2. The van der Waals surface area contributed by atoms with E-state index < -0.39 is 18.0 Å². The highest BCUT2D eigenvalue weighted by Gasteiger charge is 2.14. The van der Waals surface area contributed by atoms with Crippen LogP contribution in [0.4, 0.5) is 0 Å². The van der Waals surface area contributed by atoms with Crippen molar-refractivity contribution >= 4 is 11.9 Å². The molecule has 2 aromatic rings. The fourth-order valence-corrected chi connectivity index (χ4v) is 3.56. The smallest absolute Gasteiger partial charge is 0.333 e. The molecule has 2 rings (SSSR count). The zero-order valence-electron chi connectivity index (χ0n) is 21.8. The fraction of sp³-hybridized carbons (Fsp3) is 0.448. The molecule has 196 valence electrons. The van der Waals surface area contributed by atoms with Crippen LogP contribution < -0.4 is 5.32 Å². The molecule has 0 heterocycles. The lowest BCUT2D eigenvalue weighted by Gasteiger charge is -2.12. The Bertz CT molecular complexity index is 955. The molecule has 0 spiro atoms. The Labute approximate surface area is 215 Å². The van der Waals surface area contributed by atoms with Crippen LogP contribution in [0.5, 0.6) is 0 Å². The van der Waals surface area contributed by atoms with Crippen molar-refractivity contribution in [2.45, 2.75) is 51.9 Å². The van der Waals surface area contributed by atoms with Gasteiger partial charge < -0.3 is 24.8 Å². The number of rotatable bonds is 16. The Balaban J connectivity index is 1.55. The molecule has 7 nitrogen and oxygen atoms in total. The van der Waals surface area contributed by atoms with Gasteiger partial charge in [-0.1, -0.05) is 68.0 Å². The highest BCUT2D eigenvalue weighted by atomic mass is 16.5. The highest BCUT2D eigenvalue weighted by molar-refractivity contribution is 5.87. The number of aliphatic hydroxyl groups excluding tert-OH is 1. The predicted octanol–water partition coefficient (Wildman–Crippen LogP) is 4.09. The molecule has 2 aromatic carbocycles. The minimum Gasteiger partial charge on any atom is -0.460 e. The number of nitrogens with zero attached hydrogens (tertiary/aromatic N) is 1. The van der Waals surface area contributed by atoms with Gasteiger partial charge in [-0.15, -0.1) is 0 Å². The molecule has 36 heavy (non-hydrogen) atoms. The number of carbonyl (C=O) groups excluding carboxylic acids is 2. The van der Waals surface area contributed by atoms with Gasteiger partial charge in [0, 0.05) is 18.7 Å². The second-order valence-corrected chi connectivity index (χ2v) is 9.26. The van der Waals surface area contributed by atoms with Crippen molar-refractivity contribution in [3.8, 4) is 11.1 Å². The molecular weight excluding hydrogens is 456 g/mol. The summed E-state index contributed by atoms with van der Waals surface area (Å²) in [4.78, 5) is 25.3. The highest BCUT2D eigenvalue weighted by Crippen LogP contribution is 2.21. The summed E-state index contributed by atoms with van der Waals surface area (Å²) in [5, 5.41) is 12.5. The van der Waals surface area contributed by atoms with Crippen LogP contribution in [0, 0.1) is 0 Å². The van der Waals surface area contributed by atoms with Gasteiger partial charge in [-0.2, -0.15) is 0 Å². The number of carbonyl (C=O) groups is 2. The Kier molecular flexibility index (Phi) is 12.9. The summed E-state index contributed by atoms with van der Waals surface area (Å²) in [6, 6.07) is 17.1. The number of nitrogens with one attached hydrogen (secondary N) is 1. The first-order valence-electron chi connectivity index (χ1n) is 12.5. The third-order valence-corrected chi connectivity index (χ3v) is 5.56. The number of ether oxygens (including phenoxy) is 2. The van der Waals surface area contributed by atoms with E-state index in [1.807, 2.05) is 0 Å². The standard InChI is InChI=1S/C29H40N2O5/c1-22(2)29(34)36-19-17-30-28(33)27(32)8-6-5-7-18-35-21-24-11-15-26(16-12-24)25-13-9-23(10-14-25)20-31(3)4/h9-16,27,32H,1,5-8,17-21H2,2-4H3,(H,30,33). The van der Waals surface area contributed by atoms with Gasteiger partial charge in [-0.05, 0) is 56.1 Å². The molecule has 0 aromatic heterocycles. The molecule has 1 atom stereocenters. The molecule has 0 bridgehead atoms. The molecule has 0 aliphatic heterocycles. The summed E-state index contributed by atoms with van der Waals surface area (Å²) in [5.41, 5.74) is 5.12. The van der Waals surface area contributed by atoms with Crippen LogP contribution in [0.25, 0.3) is 11.1 Å². The van der Waals surface area contributed by atoms with E-state index >= 15 is 0 Å². The Morgan fingerprint density at radius 3 is 2.14 bits per heavy atom. The van der Waals surface area contributed by atoms with E-state index in [1.54, 1.807) is 6.92 Å². The first-order chi connectivity index (χ1) is 17.3. The SMILES string of the molecule is C=C(C)C(=O)OCCNC(=O)C(O)CCCCCOCc1ccc(-c2ccc(CN(C)C)cc2)cc1. The van der Waals surface area contributed by atoms with Gasteiger partial charge in [-0.25, -0.2) is 4.79 Å². The van der Waals surface area contributed by atoms with Crippen LogP contribution in [0.2, 0.25) is 0 Å². The van der Waals surface area contributed by atoms with Crippen molar-refractivity contribution in [2.24, 2.45) is 0 Å². The predicted molar refractivity (Wildman–Crippen MR) is 142 cm³/mol. The van der Waals surface area contributed by atoms with Gasteiger partial charge in [-0.3, -0.25) is 4.79 Å². The summed E-state index contributed by atoms with van der Waals surface area (Å²) in [7, 11) is 4.14. The summed E-state index contributed by atoms with van der Waals surface area (Å²) >= 11 is 0. The quantitative estimate of drug-likeness (QED) is 0.207. The van der Waals surface area contributed by atoms with Crippen LogP contribution in [0.1, 0.15) is 43.7 Å². The molecule has 0 radical (unpaired) electrons. The lowest BCUT2D eigenvalue weighted by molar-refractivity contribution is -0.139. The largest absolute Gasteiger partial charge is 0.460 e. The number of amides is 1. The van der Waals surface area contributed by atoms with Crippen LogP contribution in [0.3, 0.4) is 0 Å². The van der Waals surface area contributed by atoms with Crippen molar-refractivity contribution in [3.05, 3.63) is 71.8 Å². The topological polar surface area (TPSA) is 88.1 Å². The van der Waals surface area contributed by atoms with E-state index in [0.717, 1.165) is 31.4 Å². The average Bonchev–Trinajstić information content (AvgIpc) is 2.86. The van der Waals surface area contributed by atoms with Crippen LogP contribution >= 0.6 is 0 Å². The summed E-state index contributed by atoms with van der Waals surface area (Å²) in [6.45, 7) is 7.37. The number of unbranched alkanes of at least 4 members (excludes halogenated alkanes) is 2. The summed E-state index contributed by atoms with van der Waals surface area (Å²) < 4.78 is 10.7. The minimum atomic E-state index is -1.06. The van der Waals surface area contributed by atoms with E-state index in [-0.39, 0.29) is 13.2 Å². The van der Waals surface area contributed by atoms with E-state index in [2.05, 4.69) is 79.4 Å². The van der Waals surface area contributed by atoms with Gasteiger partial charge in [0.05, 0.1) is 13.2 Å². The maximum Gasteiger partial charge on any atom is 0.333 e. The second kappa shape index (κ2) is 15.9. The van der Waals surface area contributed by atoms with Crippen molar-refractivity contribution in [2.75, 3.05) is 33.9 Å². The number of esters is 1. The maximum absolute atomic E-state index is 11.9. The molecule has 1 unspecified atom stereocenters. The monoisotopic (exact) mass is 496 g/mol. The van der Waals surface area contributed by atoms with Gasteiger partial charge >= 0.3 is 5.97 Å². The lowest BCUT2D eigenvalue weighted by Crippen LogP contribution is -2.36. The lowest BCUT2D eigenvalue weighted by atomic mass is 10.0. The normalized spacial score (nSPS) is 11.8. The molecule has 1 amide bonds. The van der Waals surface area contributed by atoms with Crippen molar-refractivity contribution in [3.63, 3.8) is 0 Å². The Hall–Kier alpha value is -3.00. The van der Waals surface area contributed by atoms with Crippen LogP contribution in [0.15, 0.2) is 60.7 Å². The second-order valence-electron chi connectivity index (χ2n) is 9.26. The van der Waals surface area contributed by atoms with Crippen molar-refractivity contribution in [1.82, 2.24) is 10.2 Å². The average molecular weight is 497 g/mol. The maximum atomic E-state index is 11.9. The number of hydrogen-bond acceptors (Lipinski definition) is 6. The van der Waals surface area contributed by atoms with Gasteiger partial charge in [0.15, 0.2) is 0 Å². The first kappa shape index (κ1) is 29.2. The summed E-state index contributed by atoms with van der Waals surface area (Å²) in [6.07, 6.45) is 1.77. The molecule has 2 N–H and O–H groups in total. The van der Waals surface area contributed by atoms with Crippen molar-refractivity contribution in [1.29, 1.82) is 0 Å².